The van der Waals surface area contributed by atoms with Crippen molar-refractivity contribution in [2.24, 2.45) is 29.6 Å². The van der Waals surface area contributed by atoms with Crippen LogP contribution in [0.4, 0.5) is 0 Å². The lowest BCUT2D eigenvalue weighted by atomic mass is 10.0. The number of hydrogen-bond acceptors (Lipinski definition) is 4. The summed E-state index contributed by atoms with van der Waals surface area (Å²) in [5.74, 6) is 4.03. The van der Waals surface area contributed by atoms with Crippen LogP contribution in [-0.2, 0) is 14.3 Å². The molecule has 0 aromatic heterocycles. The van der Waals surface area contributed by atoms with Crippen LogP contribution in [0, 0.1) is 29.6 Å². The first-order valence-corrected chi connectivity index (χ1v) is 11.0. The number of ether oxygens (including phenoxy) is 1. The van der Waals surface area contributed by atoms with Crippen LogP contribution in [0.15, 0.2) is 0 Å². The zero-order valence-corrected chi connectivity index (χ0v) is 16.4. The predicted octanol–water partition coefficient (Wildman–Crippen LogP) is 1.11. The molecular weight excluding hydrogens is 342 g/mol. The smallest absolute Gasteiger partial charge is 0.236 e. The van der Waals surface area contributed by atoms with E-state index in [1.165, 1.54) is 19.3 Å². The average molecular weight is 376 g/mol. The molecule has 2 amide bonds. The van der Waals surface area contributed by atoms with Crippen LogP contribution in [-0.4, -0.2) is 73.1 Å². The highest BCUT2D eigenvalue weighted by Gasteiger charge is 2.67. The molecule has 2 aliphatic heterocycles. The molecule has 3 saturated carbocycles. The molecule has 0 aromatic rings. The minimum Gasteiger partial charge on any atom is -0.375 e. The Bertz CT molecular complexity index is 587. The molecule has 27 heavy (non-hydrogen) atoms. The summed E-state index contributed by atoms with van der Waals surface area (Å²) in [6.45, 7) is 6.39. The summed E-state index contributed by atoms with van der Waals surface area (Å²) in [6, 6.07) is 0.297. The minimum atomic E-state index is 0.140. The van der Waals surface area contributed by atoms with Crippen LogP contribution in [0.5, 0.6) is 0 Å². The fourth-order valence-electron chi connectivity index (χ4n) is 6.54. The summed E-state index contributed by atoms with van der Waals surface area (Å²) in [5, 5.41) is 3.34. The van der Waals surface area contributed by atoms with Crippen molar-refractivity contribution in [3.8, 4) is 0 Å². The van der Waals surface area contributed by atoms with Crippen molar-refractivity contribution in [3.63, 3.8) is 0 Å². The van der Waals surface area contributed by atoms with Crippen LogP contribution in [0.3, 0.4) is 0 Å². The molecule has 0 aromatic carbocycles. The normalized spacial score (nSPS) is 41.4. The molecule has 1 N–H and O–H groups in total. The monoisotopic (exact) mass is 375 g/mol. The van der Waals surface area contributed by atoms with Crippen molar-refractivity contribution in [1.82, 2.24) is 15.1 Å². The second-order valence-electron chi connectivity index (χ2n) is 9.59. The topological polar surface area (TPSA) is 61.9 Å². The lowest BCUT2D eigenvalue weighted by Gasteiger charge is -2.35. The van der Waals surface area contributed by atoms with Gasteiger partial charge in [0, 0.05) is 38.1 Å². The van der Waals surface area contributed by atoms with Crippen LogP contribution in [0.2, 0.25) is 0 Å². The third kappa shape index (κ3) is 3.39. The summed E-state index contributed by atoms with van der Waals surface area (Å²) >= 11 is 0. The molecule has 150 valence electrons. The number of hydrogen-bond donors (Lipinski definition) is 1. The highest BCUT2D eigenvalue weighted by molar-refractivity contribution is 5.83. The van der Waals surface area contributed by atoms with Gasteiger partial charge in [-0.1, -0.05) is 0 Å². The summed E-state index contributed by atoms with van der Waals surface area (Å²) in [6.07, 6.45) is 6.20. The van der Waals surface area contributed by atoms with Crippen molar-refractivity contribution in [2.45, 2.75) is 51.2 Å². The molecule has 5 rings (SSSR count). The molecule has 2 unspecified atom stereocenters. The Morgan fingerprint density at radius 1 is 1.04 bits per heavy atom. The SMILES string of the molecule is CC1CN(C(=O)CN2CCC(NC(=O)C3[C@@H]4[C@H]5CC[C@H](C5)[C@H]34)CC2)CCO1. The fourth-order valence-corrected chi connectivity index (χ4v) is 6.54. The van der Waals surface area contributed by atoms with Gasteiger partial charge in [-0.2, -0.15) is 0 Å². The summed E-state index contributed by atoms with van der Waals surface area (Å²) in [5.41, 5.74) is 0. The number of fused-ring (bicyclic) bond motifs is 5. The van der Waals surface area contributed by atoms with E-state index in [0.717, 1.165) is 49.6 Å². The van der Waals surface area contributed by atoms with E-state index in [2.05, 4.69) is 10.2 Å². The second-order valence-corrected chi connectivity index (χ2v) is 9.59. The Morgan fingerprint density at radius 2 is 1.74 bits per heavy atom. The largest absolute Gasteiger partial charge is 0.375 e. The number of carbonyl (C=O) groups is 2. The Morgan fingerprint density at radius 3 is 2.41 bits per heavy atom. The number of morpholine rings is 1. The molecule has 2 bridgehead atoms. The van der Waals surface area contributed by atoms with Gasteiger partial charge >= 0.3 is 0 Å². The lowest BCUT2D eigenvalue weighted by Crippen LogP contribution is -2.51. The van der Waals surface area contributed by atoms with Gasteiger partial charge in [0.05, 0.1) is 19.3 Å². The Balaban J connectivity index is 1.05. The first kappa shape index (κ1) is 17.9. The van der Waals surface area contributed by atoms with E-state index in [9.17, 15) is 9.59 Å². The molecule has 0 radical (unpaired) electrons. The molecule has 6 nitrogen and oxygen atoms in total. The van der Waals surface area contributed by atoms with Crippen molar-refractivity contribution < 1.29 is 14.3 Å². The molecule has 5 aliphatic rings. The van der Waals surface area contributed by atoms with Gasteiger partial charge < -0.3 is 15.0 Å². The quantitative estimate of drug-likeness (QED) is 0.800. The van der Waals surface area contributed by atoms with Crippen molar-refractivity contribution in [1.29, 1.82) is 0 Å². The first-order chi connectivity index (χ1) is 13.1. The number of piperidine rings is 1. The van der Waals surface area contributed by atoms with Crippen LogP contribution < -0.4 is 5.32 Å². The molecule has 0 spiro atoms. The maximum Gasteiger partial charge on any atom is 0.236 e. The van der Waals surface area contributed by atoms with Gasteiger partial charge in [0.15, 0.2) is 0 Å². The predicted molar refractivity (Wildman–Crippen MR) is 101 cm³/mol. The Hall–Kier alpha value is -1.14. The molecule has 2 heterocycles. The van der Waals surface area contributed by atoms with Gasteiger partial charge in [-0.05, 0) is 62.7 Å². The number of likely N-dealkylation sites (tertiary alicyclic amines) is 1. The van der Waals surface area contributed by atoms with Gasteiger partial charge in [-0.3, -0.25) is 14.5 Å². The van der Waals surface area contributed by atoms with Crippen molar-refractivity contribution >= 4 is 11.8 Å². The van der Waals surface area contributed by atoms with E-state index in [1.54, 1.807) is 0 Å². The fraction of sp³-hybridized carbons (Fsp3) is 0.905. The standard InChI is InChI=1S/C21H33N3O3/c1-13-11-24(8-9-27-13)17(25)12-23-6-4-16(5-7-23)22-21(26)20-18-14-2-3-15(10-14)19(18)20/h13-16,18-20H,2-12H2,1H3,(H,22,26)/t13?,14-,15+,18+,19-,20?. The average Bonchev–Trinajstić information content (AvgIpc) is 3.11. The van der Waals surface area contributed by atoms with Crippen molar-refractivity contribution in [2.75, 3.05) is 39.3 Å². The van der Waals surface area contributed by atoms with E-state index >= 15 is 0 Å². The number of amides is 2. The van der Waals surface area contributed by atoms with Gasteiger partial charge in [-0.15, -0.1) is 0 Å². The summed E-state index contributed by atoms with van der Waals surface area (Å²) in [4.78, 5) is 29.4. The van der Waals surface area contributed by atoms with Gasteiger partial charge in [0.2, 0.25) is 11.8 Å². The molecule has 6 heteroatoms. The highest BCUT2D eigenvalue weighted by Crippen LogP contribution is 2.69. The van der Waals surface area contributed by atoms with E-state index < -0.39 is 0 Å². The number of nitrogens with one attached hydrogen (secondary N) is 1. The Labute approximate surface area is 162 Å². The number of rotatable bonds is 4. The summed E-state index contributed by atoms with van der Waals surface area (Å²) < 4.78 is 5.52. The van der Waals surface area contributed by atoms with E-state index in [0.29, 0.717) is 44.1 Å². The molecule has 5 fully saturated rings. The van der Waals surface area contributed by atoms with Crippen molar-refractivity contribution in [3.05, 3.63) is 0 Å². The summed E-state index contributed by atoms with van der Waals surface area (Å²) in [7, 11) is 0. The van der Waals surface area contributed by atoms with Gasteiger partial charge in [-0.25, -0.2) is 0 Å². The van der Waals surface area contributed by atoms with E-state index in [1.807, 2.05) is 11.8 Å². The van der Waals surface area contributed by atoms with Gasteiger partial charge in [0.1, 0.15) is 0 Å². The lowest BCUT2D eigenvalue weighted by molar-refractivity contribution is -0.139. The molecule has 3 aliphatic carbocycles. The first-order valence-electron chi connectivity index (χ1n) is 11.0. The third-order valence-corrected chi connectivity index (χ3v) is 7.92. The molecule has 2 saturated heterocycles. The van der Waals surface area contributed by atoms with Crippen LogP contribution in [0.25, 0.3) is 0 Å². The maximum absolute atomic E-state index is 12.7. The maximum atomic E-state index is 12.7. The van der Waals surface area contributed by atoms with E-state index in [4.69, 9.17) is 4.74 Å². The third-order valence-electron chi connectivity index (χ3n) is 7.92. The van der Waals surface area contributed by atoms with Crippen LogP contribution >= 0.6 is 0 Å². The molecular formula is C21H33N3O3. The zero-order valence-electron chi connectivity index (χ0n) is 16.4. The Kier molecular flexibility index (Phi) is 4.67. The highest BCUT2D eigenvalue weighted by atomic mass is 16.5. The minimum absolute atomic E-state index is 0.140. The van der Waals surface area contributed by atoms with Gasteiger partial charge in [0.25, 0.3) is 0 Å². The van der Waals surface area contributed by atoms with E-state index in [-0.39, 0.29) is 12.0 Å². The number of carbonyl (C=O) groups excluding carboxylic acids is 2. The zero-order chi connectivity index (χ0) is 18.5. The van der Waals surface area contributed by atoms with Crippen LogP contribution in [0.1, 0.15) is 39.0 Å². The molecule has 6 atom stereocenters. The number of nitrogens with zero attached hydrogens (tertiary/aromatic N) is 2. The second kappa shape index (κ2) is 7.03.